The molecule has 0 aliphatic heterocycles. The quantitative estimate of drug-likeness (QED) is 0.0420. The first-order valence-electron chi connectivity index (χ1n) is 31.6. The number of aliphatic hydroxyl groups is 2. The summed E-state index contributed by atoms with van der Waals surface area (Å²) in [6.45, 7) is 4.27. The van der Waals surface area contributed by atoms with Crippen molar-refractivity contribution in [1.82, 2.24) is 5.32 Å². The molecule has 2 atom stereocenters. The molecule has 0 saturated heterocycles. The Bertz CT molecular complexity index is 1210. The van der Waals surface area contributed by atoms with E-state index >= 15 is 0 Å². The number of hydrogen-bond donors (Lipinski definition) is 3. The molecule has 0 aliphatic rings. The number of aliphatic hydroxyl groups excluding tert-OH is 2. The minimum Gasteiger partial charge on any atom is -0.394 e. The van der Waals surface area contributed by atoms with Gasteiger partial charge in [-0.25, -0.2) is 0 Å². The fraction of sp³-hybridized carbons (Fsp3) is 0.806. The third-order valence-corrected chi connectivity index (χ3v) is 14.5. The molecule has 71 heavy (non-hydrogen) atoms. The van der Waals surface area contributed by atoms with Crippen molar-refractivity contribution >= 4 is 5.91 Å². The molecule has 1 amide bonds. The maximum atomic E-state index is 12.5. The van der Waals surface area contributed by atoms with Crippen molar-refractivity contribution in [3.05, 3.63) is 72.9 Å². The summed E-state index contributed by atoms with van der Waals surface area (Å²) in [5.74, 6) is -0.0316. The first-order chi connectivity index (χ1) is 35.2. The summed E-state index contributed by atoms with van der Waals surface area (Å²) in [7, 11) is 0. The number of rotatable bonds is 58. The van der Waals surface area contributed by atoms with Gasteiger partial charge in [-0.3, -0.25) is 4.79 Å². The molecule has 0 aromatic rings. The molecule has 414 valence electrons. The van der Waals surface area contributed by atoms with Gasteiger partial charge in [0.15, 0.2) is 0 Å². The van der Waals surface area contributed by atoms with Crippen molar-refractivity contribution in [3.8, 4) is 0 Å². The number of unbranched alkanes of at least 4 members (excludes halogenated alkanes) is 39. The van der Waals surface area contributed by atoms with Gasteiger partial charge in [-0.2, -0.15) is 0 Å². The summed E-state index contributed by atoms with van der Waals surface area (Å²) in [6, 6.07) is -0.543. The summed E-state index contributed by atoms with van der Waals surface area (Å²) < 4.78 is 0. The minimum absolute atomic E-state index is 0.0316. The summed E-state index contributed by atoms with van der Waals surface area (Å²) >= 11 is 0. The molecule has 0 aromatic heterocycles. The Kier molecular flexibility index (Phi) is 60.2. The molecule has 0 aromatic carbocycles. The number of carbonyl (C=O) groups is 1. The Hall–Kier alpha value is -2.17. The number of allylic oxidation sites excluding steroid dienone is 12. The molecule has 3 N–H and O–H groups in total. The van der Waals surface area contributed by atoms with Crippen LogP contribution in [0.25, 0.3) is 0 Å². The normalized spacial score (nSPS) is 13.2. The minimum atomic E-state index is -0.665. The van der Waals surface area contributed by atoms with E-state index in [1.165, 1.54) is 238 Å². The van der Waals surface area contributed by atoms with E-state index in [-0.39, 0.29) is 12.5 Å². The highest BCUT2D eigenvalue weighted by atomic mass is 16.3. The van der Waals surface area contributed by atoms with Gasteiger partial charge in [0.25, 0.3) is 0 Å². The summed E-state index contributed by atoms with van der Waals surface area (Å²) in [6.07, 6.45) is 89.2. The highest BCUT2D eigenvalue weighted by Gasteiger charge is 2.20. The highest BCUT2D eigenvalue weighted by molar-refractivity contribution is 5.76. The maximum Gasteiger partial charge on any atom is 0.220 e. The van der Waals surface area contributed by atoms with Gasteiger partial charge in [0.1, 0.15) is 0 Å². The topological polar surface area (TPSA) is 69.6 Å². The van der Waals surface area contributed by atoms with Crippen LogP contribution >= 0.6 is 0 Å². The first kappa shape index (κ1) is 68.8. The fourth-order valence-electron chi connectivity index (χ4n) is 9.72. The zero-order chi connectivity index (χ0) is 51.3. The van der Waals surface area contributed by atoms with Crippen LogP contribution in [0, 0.1) is 0 Å². The monoisotopic (exact) mass is 990 g/mol. The van der Waals surface area contributed by atoms with E-state index in [0.29, 0.717) is 12.8 Å². The van der Waals surface area contributed by atoms with E-state index in [0.717, 1.165) is 64.2 Å². The molecule has 2 unspecified atom stereocenters. The van der Waals surface area contributed by atoms with Crippen LogP contribution in [-0.2, 0) is 4.79 Å². The van der Waals surface area contributed by atoms with E-state index in [1.807, 2.05) is 0 Å². The van der Waals surface area contributed by atoms with E-state index < -0.39 is 12.1 Å². The molecule has 0 saturated carbocycles. The SMILES string of the molecule is CC/C=C\C/C=C\C/C=C\C/C=C\C/C=C\C/C=C\CCCCCCCCCCCCCCC(=O)NC(CO)C(O)CCCCCCCCCCCCCCCCCCCCCCCCCCCCCC. The Morgan fingerprint density at radius 1 is 0.352 bits per heavy atom. The summed E-state index contributed by atoms with van der Waals surface area (Å²) in [5.41, 5.74) is 0. The maximum absolute atomic E-state index is 12.5. The molecule has 0 radical (unpaired) electrons. The third-order valence-electron chi connectivity index (χ3n) is 14.5. The predicted molar refractivity (Wildman–Crippen MR) is 317 cm³/mol. The second-order valence-electron chi connectivity index (χ2n) is 21.5. The van der Waals surface area contributed by atoms with E-state index in [4.69, 9.17) is 0 Å². The lowest BCUT2D eigenvalue weighted by molar-refractivity contribution is -0.123. The van der Waals surface area contributed by atoms with E-state index in [1.54, 1.807) is 0 Å². The van der Waals surface area contributed by atoms with Crippen molar-refractivity contribution in [2.45, 2.75) is 341 Å². The van der Waals surface area contributed by atoms with Crippen LogP contribution < -0.4 is 5.32 Å². The fourth-order valence-corrected chi connectivity index (χ4v) is 9.72. The Balaban J connectivity index is 3.46. The number of amides is 1. The molecule has 0 rings (SSSR count). The van der Waals surface area contributed by atoms with Gasteiger partial charge in [0.2, 0.25) is 5.91 Å². The average molecular weight is 991 g/mol. The molecule has 0 aliphatic carbocycles. The Labute approximate surface area is 444 Å². The lowest BCUT2D eigenvalue weighted by Gasteiger charge is -2.22. The third kappa shape index (κ3) is 58.6. The number of hydrogen-bond acceptors (Lipinski definition) is 3. The molecule has 4 nitrogen and oxygen atoms in total. The zero-order valence-electron chi connectivity index (χ0n) is 47.7. The summed E-state index contributed by atoms with van der Waals surface area (Å²) in [5, 5.41) is 23.4. The standard InChI is InChI=1S/C67H123NO3/c1-3-5-7-9-11-13-15-17-19-21-23-25-27-29-31-33-34-35-37-39-41-43-45-47-49-51-53-55-57-59-61-63-67(71)68-65(64-69)66(70)62-60-58-56-54-52-50-48-46-44-42-40-38-36-32-30-28-26-24-22-20-18-16-14-12-10-8-6-4-2/h5,7,11,13,17,19,23,25,29,31,34-35,65-66,69-70H,3-4,6,8-10,12,14-16,18,20-22,24,26-28,30,32-33,36-64H2,1-2H3,(H,68,71)/b7-5-,13-11-,19-17-,25-23-,31-29-,35-34-. The molecule has 0 heterocycles. The van der Waals surface area contributed by atoms with Crippen LogP contribution in [0.1, 0.15) is 328 Å². The van der Waals surface area contributed by atoms with Gasteiger partial charge in [-0.15, -0.1) is 0 Å². The molecular weight excluding hydrogens is 867 g/mol. The van der Waals surface area contributed by atoms with Crippen molar-refractivity contribution in [2.75, 3.05) is 6.61 Å². The Morgan fingerprint density at radius 2 is 0.620 bits per heavy atom. The van der Waals surface area contributed by atoms with Crippen LogP contribution in [0.3, 0.4) is 0 Å². The summed E-state index contributed by atoms with van der Waals surface area (Å²) in [4.78, 5) is 12.5. The lowest BCUT2D eigenvalue weighted by Crippen LogP contribution is -2.45. The number of carbonyl (C=O) groups excluding carboxylic acids is 1. The van der Waals surface area contributed by atoms with E-state index in [9.17, 15) is 15.0 Å². The van der Waals surface area contributed by atoms with Crippen molar-refractivity contribution in [3.63, 3.8) is 0 Å². The molecule has 4 heteroatoms. The van der Waals surface area contributed by atoms with Gasteiger partial charge in [0.05, 0.1) is 18.8 Å². The highest BCUT2D eigenvalue weighted by Crippen LogP contribution is 2.18. The number of nitrogens with one attached hydrogen (secondary N) is 1. The van der Waals surface area contributed by atoms with Crippen LogP contribution in [-0.4, -0.2) is 34.9 Å². The zero-order valence-corrected chi connectivity index (χ0v) is 47.7. The average Bonchev–Trinajstić information content (AvgIpc) is 3.37. The smallest absolute Gasteiger partial charge is 0.220 e. The first-order valence-corrected chi connectivity index (χ1v) is 31.6. The molecular formula is C67H123NO3. The van der Waals surface area contributed by atoms with Crippen LogP contribution in [0.5, 0.6) is 0 Å². The van der Waals surface area contributed by atoms with Crippen LogP contribution in [0.4, 0.5) is 0 Å². The van der Waals surface area contributed by atoms with Crippen molar-refractivity contribution < 1.29 is 15.0 Å². The predicted octanol–water partition coefficient (Wildman–Crippen LogP) is 21.3. The van der Waals surface area contributed by atoms with Crippen molar-refractivity contribution in [2.24, 2.45) is 0 Å². The van der Waals surface area contributed by atoms with Gasteiger partial charge >= 0.3 is 0 Å². The second kappa shape index (κ2) is 62.1. The molecule has 0 spiro atoms. The van der Waals surface area contributed by atoms with Crippen molar-refractivity contribution in [1.29, 1.82) is 0 Å². The molecule has 0 bridgehead atoms. The van der Waals surface area contributed by atoms with Gasteiger partial charge in [-0.05, 0) is 64.2 Å². The van der Waals surface area contributed by atoms with Gasteiger partial charge in [0, 0.05) is 6.42 Å². The lowest BCUT2D eigenvalue weighted by atomic mass is 10.0. The van der Waals surface area contributed by atoms with Gasteiger partial charge < -0.3 is 15.5 Å². The Morgan fingerprint density at radius 3 is 0.930 bits per heavy atom. The van der Waals surface area contributed by atoms with Gasteiger partial charge in [-0.1, -0.05) is 331 Å². The second-order valence-corrected chi connectivity index (χ2v) is 21.5. The van der Waals surface area contributed by atoms with Crippen LogP contribution in [0.15, 0.2) is 72.9 Å². The van der Waals surface area contributed by atoms with Crippen LogP contribution in [0.2, 0.25) is 0 Å². The molecule has 0 fully saturated rings. The van der Waals surface area contributed by atoms with E-state index in [2.05, 4.69) is 92.1 Å². The largest absolute Gasteiger partial charge is 0.394 e.